The highest BCUT2D eigenvalue weighted by Crippen LogP contribution is 2.28. The number of fused-ring (bicyclic) bond motifs is 1. The maximum Gasteiger partial charge on any atom is 0.287 e. The molecule has 2 saturated heterocycles. The summed E-state index contributed by atoms with van der Waals surface area (Å²) in [6.07, 6.45) is 2.97. The number of nitrogens with one attached hydrogen (secondary N) is 1. The molecule has 43 heavy (non-hydrogen) atoms. The van der Waals surface area contributed by atoms with Crippen LogP contribution in [-0.2, 0) is 16.4 Å². The minimum Gasteiger partial charge on any atom is -0.451 e. The van der Waals surface area contributed by atoms with Gasteiger partial charge in [0.25, 0.3) is 5.91 Å². The Morgan fingerprint density at radius 2 is 1.51 bits per heavy atom. The number of piperidine rings is 1. The first-order valence-electron chi connectivity index (χ1n) is 14.6. The molecule has 1 aromatic heterocycles. The van der Waals surface area contributed by atoms with Crippen molar-refractivity contribution in [1.29, 1.82) is 5.26 Å². The number of sulfone groups is 1. The van der Waals surface area contributed by atoms with Gasteiger partial charge in [0.2, 0.25) is 0 Å². The van der Waals surface area contributed by atoms with Crippen molar-refractivity contribution >= 4 is 38.1 Å². The van der Waals surface area contributed by atoms with Crippen molar-refractivity contribution in [2.24, 2.45) is 0 Å². The first-order valence-corrected chi connectivity index (χ1v) is 16.5. The van der Waals surface area contributed by atoms with Crippen molar-refractivity contribution in [3.8, 4) is 6.07 Å². The van der Waals surface area contributed by atoms with E-state index in [9.17, 15) is 13.2 Å². The lowest BCUT2D eigenvalue weighted by Gasteiger charge is -2.37. The number of nitriles is 1. The number of nitrogens with zero attached hydrogens (tertiary/aromatic N) is 4. The second kappa shape index (κ2) is 12.1. The van der Waals surface area contributed by atoms with Crippen LogP contribution >= 0.6 is 0 Å². The number of hydrogen-bond acceptors (Lipinski definition) is 8. The Balaban J connectivity index is 1.01. The number of likely N-dealkylation sites (tertiary alicyclic amines) is 1. The minimum absolute atomic E-state index is 0.104. The quantitative estimate of drug-likeness (QED) is 0.333. The summed E-state index contributed by atoms with van der Waals surface area (Å²) in [6, 6.07) is 24.9. The molecule has 3 heterocycles. The molecule has 0 bridgehead atoms. The van der Waals surface area contributed by atoms with Crippen LogP contribution in [-0.4, -0.2) is 70.8 Å². The van der Waals surface area contributed by atoms with Gasteiger partial charge in [-0.2, -0.15) is 5.26 Å². The van der Waals surface area contributed by atoms with E-state index in [1.165, 1.54) is 11.8 Å². The van der Waals surface area contributed by atoms with Gasteiger partial charge in [0.1, 0.15) is 5.58 Å². The number of rotatable bonds is 7. The number of amides is 1. The van der Waals surface area contributed by atoms with Gasteiger partial charge in [-0.15, -0.1) is 0 Å². The Morgan fingerprint density at radius 3 is 2.14 bits per heavy atom. The normalized spacial score (nSPS) is 16.7. The van der Waals surface area contributed by atoms with Crippen LogP contribution in [0, 0.1) is 11.3 Å². The highest BCUT2D eigenvalue weighted by atomic mass is 32.2. The number of carbonyl (C=O) groups is 1. The lowest BCUT2D eigenvalue weighted by molar-refractivity contribution is 0.0883. The molecule has 2 aliphatic rings. The molecule has 1 N–H and O–H groups in total. The fraction of sp³-hybridized carbons (Fsp3) is 0.333. The van der Waals surface area contributed by atoms with Gasteiger partial charge in [-0.25, -0.2) is 8.42 Å². The van der Waals surface area contributed by atoms with Gasteiger partial charge in [-0.05, 0) is 79.1 Å². The van der Waals surface area contributed by atoms with Gasteiger partial charge >= 0.3 is 0 Å². The van der Waals surface area contributed by atoms with Crippen LogP contribution in [0.5, 0.6) is 0 Å². The molecule has 222 valence electrons. The van der Waals surface area contributed by atoms with E-state index in [-0.39, 0.29) is 11.9 Å². The van der Waals surface area contributed by atoms with Gasteiger partial charge in [-0.1, -0.05) is 12.1 Å². The van der Waals surface area contributed by atoms with E-state index in [1.807, 2.05) is 54.6 Å². The zero-order valence-corrected chi connectivity index (χ0v) is 25.0. The molecule has 10 heteroatoms. The van der Waals surface area contributed by atoms with E-state index in [2.05, 4.69) is 32.2 Å². The molecule has 3 aromatic carbocycles. The zero-order valence-electron chi connectivity index (χ0n) is 24.2. The molecule has 0 aliphatic carbocycles. The molecule has 0 unspecified atom stereocenters. The van der Waals surface area contributed by atoms with Crippen molar-refractivity contribution in [3.63, 3.8) is 0 Å². The number of piperazine rings is 1. The van der Waals surface area contributed by atoms with Crippen LogP contribution in [0.3, 0.4) is 0 Å². The number of furan rings is 1. The Hall–Kier alpha value is -4.33. The topological polar surface area (TPSA) is 110 Å². The number of hydrogen-bond donors (Lipinski definition) is 1. The standard InChI is InChI=1S/C33H35N5O4S/c1-43(40,41)30-9-6-28(7-10-30)37-16-18-38(19-17-37)29-8-11-31-26(20-29)21-32(42-31)33(39)35-27-12-14-36(15-13-27)23-25-4-2-24(22-34)3-5-25/h2-11,20-21,27H,12-19,23H2,1H3,(H,35,39). The summed E-state index contributed by atoms with van der Waals surface area (Å²) in [4.78, 5) is 20.3. The number of benzene rings is 3. The van der Waals surface area contributed by atoms with Crippen LogP contribution < -0.4 is 15.1 Å². The fourth-order valence-electron chi connectivity index (χ4n) is 5.90. The molecule has 0 atom stereocenters. The SMILES string of the molecule is CS(=O)(=O)c1ccc(N2CCN(c3ccc4oc(C(=O)NC5CCN(Cc6ccc(C#N)cc6)CC5)cc4c3)CC2)cc1. The summed E-state index contributed by atoms with van der Waals surface area (Å²) in [7, 11) is -3.21. The summed E-state index contributed by atoms with van der Waals surface area (Å²) in [5.74, 6) is 0.147. The summed E-state index contributed by atoms with van der Waals surface area (Å²) < 4.78 is 29.4. The second-order valence-electron chi connectivity index (χ2n) is 11.4. The third-order valence-corrected chi connectivity index (χ3v) is 9.54. The molecule has 6 rings (SSSR count). The van der Waals surface area contributed by atoms with Crippen molar-refractivity contribution in [2.45, 2.75) is 30.3 Å². The third kappa shape index (κ3) is 6.69. The Kier molecular flexibility index (Phi) is 8.10. The van der Waals surface area contributed by atoms with E-state index >= 15 is 0 Å². The lowest BCUT2D eigenvalue weighted by atomic mass is 10.0. The van der Waals surface area contributed by atoms with E-state index in [0.29, 0.717) is 21.8 Å². The minimum atomic E-state index is -3.21. The molecule has 0 saturated carbocycles. The van der Waals surface area contributed by atoms with Crippen molar-refractivity contribution < 1.29 is 17.6 Å². The Morgan fingerprint density at radius 1 is 0.884 bits per heavy atom. The smallest absolute Gasteiger partial charge is 0.287 e. The number of carbonyl (C=O) groups excluding carboxylic acids is 1. The molecule has 9 nitrogen and oxygen atoms in total. The molecule has 1 amide bonds. The van der Waals surface area contributed by atoms with Gasteiger partial charge in [0, 0.05) is 74.9 Å². The van der Waals surface area contributed by atoms with Gasteiger partial charge < -0.3 is 19.5 Å². The predicted molar refractivity (Wildman–Crippen MR) is 167 cm³/mol. The van der Waals surface area contributed by atoms with E-state index < -0.39 is 9.84 Å². The molecular weight excluding hydrogens is 562 g/mol. The summed E-state index contributed by atoms with van der Waals surface area (Å²) in [5.41, 5.74) is 4.65. The Bertz CT molecular complexity index is 1740. The molecule has 2 fully saturated rings. The fourth-order valence-corrected chi connectivity index (χ4v) is 6.53. The highest BCUT2D eigenvalue weighted by molar-refractivity contribution is 7.90. The molecular formula is C33H35N5O4S. The van der Waals surface area contributed by atoms with Crippen LogP contribution in [0.15, 0.2) is 82.1 Å². The molecule has 2 aliphatic heterocycles. The highest BCUT2D eigenvalue weighted by Gasteiger charge is 2.24. The van der Waals surface area contributed by atoms with Crippen LogP contribution in [0.4, 0.5) is 11.4 Å². The van der Waals surface area contributed by atoms with Crippen molar-refractivity contribution in [3.05, 3.63) is 89.7 Å². The maximum absolute atomic E-state index is 13.1. The van der Waals surface area contributed by atoms with Gasteiger partial charge in [0.15, 0.2) is 15.6 Å². The average molecular weight is 598 g/mol. The Labute approximate surface area is 252 Å². The predicted octanol–water partition coefficient (Wildman–Crippen LogP) is 4.43. The summed E-state index contributed by atoms with van der Waals surface area (Å²) in [6.45, 7) is 5.93. The third-order valence-electron chi connectivity index (χ3n) is 8.41. The first kappa shape index (κ1) is 28.8. The van der Waals surface area contributed by atoms with Gasteiger partial charge in [-0.3, -0.25) is 9.69 Å². The van der Waals surface area contributed by atoms with Gasteiger partial charge in [0.05, 0.1) is 16.5 Å². The largest absolute Gasteiger partial charge is 0.451 e. The van der Waals surface area contributed by atoms with Crippen LogP contribution in [0.1, 0.15) is 34.5 Å². The summed E-state index contributed by atoms with van der Waals surface area (Å²) >= 11 is 0. The molecule has 0 spiro atoms. The molecule has 4 aromatic rings. The van der Waals surface area contributed by atoms with E-state index in [4.69, 9.17) is 9.68 Å². The number of anilines is 2. The lowest BCUT2D eigenvalue weighted by Crippen LogP contribution is -2.46. The zero-order chi connectivity index (χ0) is 30.0. The average Bonchev–Trinajstić information content (AvgIpc) is 3.46. The first-order chi connectivity index (χ1) is 20.7. The van der Waals surface area contributed by atoms with E-state index in [1.54, 1.807) is 12.1 Å². The van der Waals surface area contributed by atoms with Crippen molar-refractivity contribution in [2.75, 3.05) is 55.3 Å². The van der Waals surface area contributed by atoms with Crippen molar-refractivity contribution in [1.82, 2.24) is 10.2 Å². The maximum atomic E-state index is 13.1. The summed E-state index contributed by atoms with van der Waals surface area (Å²) in [5, 5.41) is 13.0. The van der Waals surface area contributed by atoms with Crippen LogP contribution in [0.25, 0.3) is 11.0 Å². The molecule has 0 radical (unpaired) electrons. The van der Waals surface area contributed by atoms with Crippen LogP contribution in [0.2, 0.25) is 0 Å². The van der Waals surface area contributed by atoms with E-state index in [0.717, 1.165) is 75.4 Å². The second-order valence-corrected chi connectivity index (χ2v) is 13.4. The monoisotopic (exact) mass is 597 g/mol.